The molecule has 2 aromatic heterocycles. The van der Waals surface area contributed by atoms with Crippen LogP contribution in [0.1, 0.15) is 18.9 Å². The lowest BCUT2D eigenvalue weighted by atomic mass is 10.0. The fourth-order valence-corrected chi connectivity index (χ4v) is 3.83. The van der Waals surface area contributed by atoms with Crippen LogP contribution < -0.4 is 5.56 Å². The number of hydrogen-bond donors (Lipinski definition) is 0. The van der Waals surface area contributed by atoms with E-state index in [-0.39, 0.29) is 30.5 Å². The van der Waals surface area contributed by atoms with Gasteiger partial charge < -0.3 is 4.74 Å². The molecule has 0 atom stereocenters. The van der Waals surface area contributed by atoms with Gasteiger partial charge in [0.05, 0.1) is 35.3 Å². The van der Waals surface area contributed by atoms with E-state index < -0.39 is 28.3 Å². The SMILES string of the molecule is CCOC(=O)CCn1cnc2scc(-c3ccc(Cl)c(C(F)(F)F)c3)c2c1=O. The van der Waals surface area contributed by atoms with Crippen LogP contribution in [-0.4, -0.2) is 22.1 Å². The molecule has 1 aromatic carbocycles. The molecule has 0 radical (unpaired) electrons. The summed E-state index contributed by atoms with van der Waals surface area (Å²) in [6, 6.07) is 3.49. The van der Waals surface area contributed by atoms with Gasteiger partial charge in [-0.05, 0) is 24.6 Å². The first-order valence-electron chi connectivity index (χ1n) is 8.21. The van der Waals surface area contributed by atoms with Crippen LogP contribution in [-0.2, 0) is 22.3 Å². The van der Waals surface area contributed by atoms with E-state index in [0.29, 0.717) is 10.4 Å². The fraction of sp³-hybridized carbons (Fsp3) is 0.278. The van der Waals surface area contributed by atoms with Crippen LogP contribution in [0, 0.1) is 0 Å². The number of carbonyl (C=O) groups is 1. The molecule has 0 aliphatic carbocycles. The maximum atomic E-state index is 13.2. The van der Waals surface area contributed by atoms with Crippen LogP contribution >= 0.6 is 22.9 Å². The van der Waals surface area contributed by atoms with E-state index in [1.807, 2.05) is 0 Å². The van der Waals surface area contributed by atoms with Gasteiger partial charge in [-0.3, -0.25) is 14.2 Å². The highest BCUT2D eigenvalue weighted by Gasteiger charge is 2.33. The number of halogens is 4. The van der Waals surface area contributed by atoms with Crippen molar-refractivity contribution >= 4 is 39.1 Å². The van der Waals surface area contributed by atoms with Crippen LogP contribution in [0.5, 0.6) is 0 Å². The molecule has 28 heavy (non-hydrogen) atoms. The van der Waals surface area contributed by atoms with Gasteiger partial charge in [-0.25, -0.2) is 4.98 Å². The van der Waals surface area contributed by atoms with E-state index in [2.05, 4.69) is 4.98 Å². The number of ether oxygens (including phenoxy) is 1. The second-order valence-electron chi connectivity index (χ2n) is 5.82. The number of carbonyl (C=O) groups excluding carboxylic acids is 1. The molecular formula is C18H14ClF3N2O3S. The topological polar surface area (TPSA) is 61.2 Å². The lowest BCUT2D eigenvalue weighted by Gasteiger charge is -2.11. The zero-order valence-electron chi connectivity index (χ0n) is 14.5. The number of benzene rings is 1. The minimum atomic E-state index is -4.61. The largest absolute Gasteiger partial charge is 0.466 e. The van der Waals surface area contributed by atoms with Crippen molar-refractivity contribution in [3.8, 4) is 11.1 Å². The maximum absolute atomic E-state index is 13.2. The molecule has 0 saturated carbocycles. The van der Waals surface area contributed by atoms with Gasteiger partial charge >= 0.3 is 12.1 Å². The number of esters is 1. The van der Waals surface area contributed by atoms with E-state index in [1.54, 1.807) is 12.3 Å². The molecule has 0 fully saturated rings. The van der Waals surface area contributed by atoms with Gasteiger partial charge in [-0.15, -0.1) is 11.3 Å². The number of alkyl halides is 3. The summed E-state index contributed by atoms with van der Waals surface area (Å²) in [6.07, 6.45) is -3.32. The van der Waals surface area contributed by atoms with E-state index in [9.17, 15) is 22.8 Å². The number of aromatic nitrogens is 2. The Morgan fingerprint density at radius 2 is 2.11 bits per heavy atom. The number of fused-ring (bicyclic) bond motifs is 1. The molecule has 3 rings (SSSR count). The number of thiophene rings is 1. The van der Waals surface area contributed by atoms with Gasteiger partial charge in [0.25, 0.3) is 5.56 Å². The molecule has 0 bridgehead atoms. The molecule has 0 N–H and O–H groups in total. The quantitative estimate of drug-likeness (QED) is 0.548. The van der Waals surface area contributed by atoms with Gasteiger partial charge in [0.15, 0.2) is 0 Å². The summed E-state index contributed by atoms with van der Waals surface area (Å²) >= 11 is 6.83. The van der Waals surface area contributed by atoms with Crippen molar-refractivity contribution in [2.45, 2.75) is 26.1 Å². The first-order chi connectivity index (χ1) is 13.2. The number of aryl methyl sites for hydroxylation is 1. The molecule has 0 aliphatic heterocycles. The Morgan fingerprint density at radius 3 is 2.79 bits per heavy atom. The maximum Gasteiger partial charge on any atom is 0.417 e. The molecule has 5 nitrogen and oxygen atoms in total. The van der Waals surface area contributed by atoms with Crippen molar-refractivity contribution in [3.63, 3.8) is 0 Å². The summed E-state index contributed by atoms with van der Waals surface area (Å²) in [5, 5.41) is 1.37. The molecule has 0 unspecified atom stereocenters. The lowest BCUT2D eigenvalue weighted by molar-refractivity contribution is -0.143. The minimum absolute atomic E-state index is 0.0143. The zero-order valence-corrected chi connectivity index (χ0v) is 16.1. The summed E-state index contributed by atoms with van der Waals surface area (Å²) < 4.78 is 45.6. The average molecular weight is 431 g/mol. The monoisotopic (exact) mass is 430 g/mol. The molecule has 148 valence electrons. The number of hydrogen-bond acceptors (Lipinski definition) is 5. The van der Waals surface area contributed by atoms with E-state index in [1.165, 1.54) is 17.0 Å². The van der Waals surface area contributed by atoms with E-state index >= 15 is 0 Å². The third kappa shape index (κ3) is 4.05. The predicted octanol–water partition coefficient (Wildman–Crippen LogP) is 4.75. The fourth-order valence-electron chi connectivity index (χ4n) is 2.69. The summed E-state index contributed by atoms with van der Waals surface area (Å²) in [7, 11) is 0. The summed E-state index contributed by atoms with van der Waals surface area (Å²) in [6.45, 7) is 1.97. The van der Waals surface area contributed by atoms with Crippen molar-refractivity contribution in [2.24, 2.45) is 0 Å². The van der Waals surface area contributed by atoms with E-state index in [0.717, 1.165) is 23.5 Å². The number of nitrogens with zero attached hydrogens (tertiary/aromatic N) is 2. The molecule has 0 saturated heterocycles. The van der Waals surface area contributed by atoms with E-state index in [4.69, 9.17) is 16.3 Å². The van der Waals surface area contributed by atoms with Gasteiger partial charge in [-0.1, -0.05) is 17.7 Å². The first-order valence-corrected chi connectivity index (χ1v) is 9.47. The van der Waals surface area contributed by atoms with Gasteiger partial charge in [0.2, 0.25) is 0 Å². The van der Waals surface area contributed by atoms with Gasteiger partial charge in [0, 0.05) is 17.5 Å². The van der Waals surface area contributed by atoms with Crippen molar-refractivity contribution in [1.29, 1.82) is 0 Å². The highest BCUT2D eigenvalue weighted by atomic mass is 35.5. The van der Waals surface area contributed by atoms with Crippen LogP contribution in [0.2, 0.25) is 5.02 Å². The Balaban J connectivity index is 2.05. The lowest BCUT2D eigenvalue weighted by Crippen LogP contribution is -2.22. The summed E-state index contributed by atoms with van der Waals surface area (Å²) in [5.41, 5.74) is -0.859. The van der Waals surface area contributed by atoms with Crippen LogP contribution in [0.3, 0.4) is 0 Å². The Kier molecular flexibility index (Phi) is 5.76. The highest BCUT2D eigenvalue weighted by Crippen LogP contribution is 2.39. The zero-order chi connectivity index (χ0) is 20.5. The van der Waals surface area contributed by atoms with Gasteiger partial charge in [0.1, 0.15) is 4.83 Å². The third-order valence-corrected chi connectivity index (χ3v) is 5.22. The molecule has 0 spiro atoms. The Labute approximate surface area is 166 Å². The third-order valence-electron chi connectivity index (χ3n) is 4.01. The van der Waals surface area contributed by atoms with Gasteiger partial charge in [-0.2, -0.15) is 13.2 Å². The van der Waals surface area contributed by atoms with Crippen molar-refractivity contribution in [2.75, 3.05) is 6.61 Å². The second kappa shape index (κ2) is 7.92. The Hall–Kier alpha value is -2.39. The molecule has 10 heteroatoms. The Morgan fingerprint density at radius 1 is 1.36 bits per heavy atom. The highest BCUT2D eigenvalue weighted by molar-refractivity contribution is 7.17. The normalized spacial score (nSPS) is 11.8. The smallest absolute Gasteiger partial charge is 0.417 e. The summed E-state index contributed by atoms with van der Waals surface area (Å²) in [4.78, 5) is 28.9. The molecule has 0 aliphatic rings. The van der Waals surface area contributed by atoms with Crippen molar-refractivity contribution in [3.05, 3.63) is 50.8 Å². The van der Waals surface area contributed by atoms with Crippen LogP contribution in [0.25, 0.3) is 21.3 Å². The average Bonchev–Trinajstić information content (AvgIpc) is 3.06. The van der Waals surface area contributed by atoms with Crippen LogP contribution in [0.15, 0.2) is 34.7 Å². The molecule has 2 heterocycles. The predicted molar refractivity (Wildman–Crippen MR) is 101 cm³/mol. The second-order valence-corrected chi connectivity index (χ2v) is 7.09. The molecule has 3 aromatic rings. The molecule has 0 amide bonds. The van der Waals surface area contributed by atoms with Crippen molar-refractivity contribution < 1.29 is 22.7 Å². The molecular weight excluding hydrogens is 417 g/mol. The Bertz CT molecular complexity index is 1090. The standard InChI is InChI=1S/C18H14ClF3N2O3S/c1-2-27-14(25)5-6-24-9-23-16-15(17(24)26)11(8-28-16)10-3-4-13(19)12(7-10)18(20,21)22/h3-4,7-9H,2,5-6H2,1H3. The summed E-state index contributed by atoms with van der Waals surface area (Å²) in [5.74, 6) is -0.451. The minimum Gasteiger partial charge on any atom is -0.466 e. The number of rotatable bonds is 5. The van der Waals surface area contributed by atoms with Crippen LogP contribution in [0.4, 0.5) is 13.2 Å². The van der Waals surface area contributed by atoms with Crippen molar-refractivity contribution in [1.82, 2.24) is 9.55 Å². The first kappa shape index (κ1) is 20.3.